The third kappa shape index (κ3) is 3.30. The summed E-state index contributed by atoms with van der Waals surface area (Å²) in [7, 11) is 1.98. The van der Waals surface area contributed by atoms with E-state index in [1.165, 1.54) is 38.2 Å². The van der Waals surface area contributed by atoms with Crippen LogP contribution >= 0.6 is 0 Å². The highest BCUT2D eigenvalue weighted by Gasteiger charge is 2.17. The smallest absolute Gasteiger partial charge is 0.335 e. The van der Waals surface area contributed by atoms with Crippen LogP contribution in [0.1, 0.15) is 48.0 Å². The topological polar surface area (TPSA) is 64.3 Å². The van der Waals surface area contributed by atoms with E-state index >= 15 is 0 Å². The average Bonchev–Trinajstić information content (AvgIpc) is 2.47. The van der Waals surface area contributed by atoms with Crippen molar-refractivity contribution in [2.45, 2.75) is 32.1 Å². The molecule has 4 heteroatoms. The molecule has 0 spiro atoms. The molecule has 1 aromatic carbocycles. The van der Waals surface area contributed by atoms with Crippen molar-refractivity contribution in [1.29, 1.82) is 5.26 Å². The zero-order chi connectivity index (χ0) is 14.5. The number of rotatable bonds is 4. The lowest BCUT2D eigenvalue weighted by atomic mass is 9.89. The van der Waals surface area contributed by atoms with E-state index in [0.717, 1.165) is 12.2 Å². The van der Waals surface area contributed by atoms with E-state index in [2.05, 4.69) is 11.0 Å². The first-order valence-corrected chi connectivity index (χ1v) is 7.10. The van der Waals surface area contributed by atoms with Gasteiger partial charge in [0.1, 0.15) is 6.07 Å². The molecule has 0 heterocycles. The molecule has 0 radical (unpaired) electrons. The minimum Gasteiger partial charge on any atom is -0.478 e. The third-order valence-corrected chi connectivity index (χ3v) is 4.03. The van der Waals surface area contributed by atoms with Crippen LogP contribution in [0, 0.1) is 17.2 Å². The molecular formula is C16H20N2O2. The SMILES string of the molecule is CN(CC1CCCCC1)c1ccc(C(=O)O)cc1C#N. The second kappa shape index (κ2) is 6.42. The molecular weight excluding hydrogens is 252 g/mol. The fourth-order valence-electron chi connectivity index (χ4n) is 2.95. The van der Waals surface area contributed by atoms with Gasteiger partial charge in [-0.2, -0.15) is 5.26 Å². The lowest BCUT2D eigenvalue weighted by Gasteiger charge is -2.29. The van der Waals surface area contributed by atoms with Gasteiger partial charge in [0.2, 0.25) is 0 Å². The first kappa shape index (κ1) is 14.4. The molecule has 1 N–H and O–H groups in total. The van der Waals surface area contributed by atoms with Crippen molar-refractivity contribution in [1.82, 2.24) is 0 Å². The number of hydrogen-bond donors (Lipinski definition) is 1. The predicted molar refractivity (Wildman–Crippen MR) is 78.0 cm³/mol. The van der Waals surface area contributed by atoms with Gasteiger partial charge in [-0.3, -0.25) is 0 Å². The monoisotopic (exact) mass is 272 g/mol. The van der Waals surface area contributed by atoms with Gasteiger partial charge in [0.05, 0.1) is 16.8 Å². The van der Waals surface area contributed by atoms with Crippen LogP contribution in [-0.4, -0.2) is 24.7 Å². The molecule has 1 saturated carbocycles. The summed E-state index contributed by atoms with van der Waals surface area (Å²) in [4.78, 5) is 13.0. The van der Waals surface area contributed by atoms with Crippen LogP contribution in [0.2, 0.25) is 0 Å². The molecule has 4 nitrogen and oxygen atoms in total. The zero-order valence-electron chi connectivity index (χ0n) is 11.8. The number of carbonyl (C=O) groups is 1. The van der Waals surface area contributed by atoms with Gasteiger partial charge in [0.25, 0.3) is 0 Å². The highest BCUT2D eigenvalue weighted by Crippen LogP contribution is 2.27. The number of hydrogen-bond acceptors (Lipinski definition) is 3. The maximum absolute atomic E-state index is 10.9. The molecule has 1 aromatic rings. The minimum atomic E-state index is -0.997. The Bertz CT molecular complexity index is 528. The molecule has 1 fully saturated rings. The van der Waals surface area contributed by atoms with E-state index in [9.17, 15) is 10.1 Å². The fourth-order valence-corrected chi connectivity index (χ4v) is 2.95. The molecule has 20 heavy (non-hydrogen) atoms. The zero-order valence-corrected chi connectivity index (χ0v) is 11.8. The molecule has 0 aromatic heterocycles. The summed E-state index contributed by atoms with van der Waals surface area (Å²) >= 11 is 0. The van der Waals surface area contributed by atoms with Gasteiger partial charge in [-0.25, -0.2) is 4.79 Å². The Hall–Kier alpha value is -2.02. The van der Waals surface area contributed by atoms with Crippen LogP contribution in [0.3, 0.4) is 0 Å². The second-order valence-corrected chi connectivity index (χ2v) is 5.53. The summed E-state index contributed by atoms with van der Waals surface area (Å²) in [5, 5.41) is 18.2. The van der Waals surface area contributed by atoms with Crippen molar-refractivity contribution in [2.75, 3.05) is 18.5 Å². The summed E-state index contributed by atoms with van der Waals surface area (Å²) in [6, 6.07) is 6.86. The summed E-state index contributed by atoms with van der Waals surface area (Å²) in [6.45, 7) is 0.932. The Labute approximate surface area is 119 Å². The van der Waals surface area contributed by atoms with Gasteiger partial charge >= 0.3 is 5.97 Å². The fraction of sp³-hybridized carbons (Fsp3) is 0.500. The molecule has 1 aliphatic carbocycles. The molecule has 0 bridgehead atoms. The molecule has 1 aliphatic rings. The van der Waals surface area contributed by atoms with Gasteiger partial charge in [0, 0.05) is 13.6 Å². The van der Waals surface area contributed by atoms with Crippen molar-refractivity contribution in [2.24, 2.45) is 5.92 Å². The van der Waals surface area contributed by atoms with Crippen molar-refractivity contribution >= 4 is 11.7 Å². The van der Waals surface area contributed by atoms with Crippen molar-refractivity contribution in [3.05, 3.63) is 29.3 Å². The van der Waals surface area contributed by atoms with Crippen LogP contribution in [-0.2, 0) is 0 Å². The van der Waals surface area contributed by atoms with E-state index in [-0.39, 0.29) is 5.56 Å². The van der Waals surface area contributed by atoms with Crippen LogP contribution in [0.25, 0.3) is 0 Å². The Morgan fingerprint density at radius 2 is 2.10 bits per heavy atom. The van der Waals surface area contributed by atoms with Gasteiger partial charge in [-0.1, -0.05) is 19.3 Å². The van der Waals surface area contributed by atoms with Crippen LogP contribution in [0.4, 0.5) is 5.69 Å². The second-order valence-electron chi connectivity index (χ2n) is 5.53. The van der Waals surface area contributed by atoms with Gasteiger partial charge in [-0.15, -0.1) is 0 Å². The van der Waals surface area contributed by atoms with Crippen molar-refractivity contribution in [3.8, 4) is 6.07 Å². The van der Waals surface area contributed by atoms with Crippen molar-refractivity contribution in [3.63, 3.8) is 0 Å². The number of aromatic carboxylic acids is 1. The maximum Gasteiger partial charge on any atom is 0.335 e. The quantitative estimate of drug-likeness (QED) is 0.913. The Morgan fingerprint density at radius 1 is 1.40 bits per heavy atom. The van der Waals surface area contributed by atoms with Gasteiger partial charge in [-0.05, 0) is 37.0 Å². The van der Waals surface area contributed by atoms with Crippen molar-refractivity contribution < 1.29 is 9.90 Å². The van der Waals surface area contributed by atoms with Crippen LogP contribution < -0.4 is 4.90 Å². The summed E-state index contributed by atoms with van der Waals surface area (Å²) in [5.41, 5.74) is 1.42. The van der Waals surface area contributed by atoms with Crippen LogP contribution in [0.5, 0.6) is 0 Å². The average molecular weight is 272 g/mol. The Balaban J connectivity index is 2.14. The number of benzene rings is 1. The summed E-state index contributed by atoms with van der Waals surface area (Å²) in [6.07, 6.45) is 6.42. The first-order valence-electron chi connectivity index (χ1n) is 7.10. The molecule has 2 rings (SSSR count). The third-order valence-electron chi connectivity index (χ3n) is 4.03. The number of carboxylic acid groups (broad SMARTS) is 1. The summed E-state index contributed by atoms with van der Waals surface area (Å²) < 4.78 is 0. The highest BCUT2D eigenvalue weighted by molar-refractivity contribution is 5.89. The molecule has 0 atom stereocenters. The lowest BCUT2D eigenvalue weighted by Crippen LogP contribution is -2.27. The summed E-state index contributed by atoms with van der Waals surface area (Å²) in [5.74, 6) is -0.317. The Kier molecular flexibility index (Phi) is 4.62. The number of nitrogens with zero attached hydrogens (tertiary/aromatic N) is 2. The predicted octanol–water partition coefficient (Wildman–Crippen LogP) is 3.27. The van der Waals surface area contributed by atoms with E-state index in [1.807, 2.05) is 7.05 Å². The normalized spacial score (nSPS) is 15.6. The standard InChI is InChI=1S/C16H20N2O2/c1-18(11-12-5-3-2-4-6-12)15-8-7-13(16(19)20)9-14(15)10-17/h7-9,12H,2-6,11H2,1H3,(H,19,20). The van der Waals surface area contributed by atoms with E-state index in [0.29, 0.717) is 11.5 Å². The van der Waals surface area contributed by atoms with E-state index < -0.39 is 5.97 Å². The largest absolute Gasteiger partial charge is 0.478 e. The van der Waals surface area contributed by atoms with Gasteiger partial charge < -0.3 is 10.0 Å². The minimum absolute atomic E-state index is 0.163. The number of carboxylic acids is 1. The number of nitriles is 1. The first-order chi connectivity index (χ1) is 9.61. The van der Waals surface area contributed by atoms with Gasteiger partial charge in [0.15, 0.2) is 0 Å². The molecule has 0 amide bonds. The number of anilines is 1. The molecule has 0 aliphatic heterocycles. The maximum atomic E-state index is 10.9. The van der Waals surface area contributed by atoms with E-state index in [4.69, 9.17) is 5.11 Å². The Morgan fingerprint density at radius 3 is 2.70 bits per heavy atom. The molecule has 106 valence electrons. The van der Waals surface area contributed by atoms with E-state index in [1.54, 1.807) is 12.1 Å². The molecule has 0 saturated heterocycles. The highest BCUT2D eigenvalue weighted by atomic mass is 16.4. The van der Waals surface area contributed by atoms with Crippen LogP contribution in [0.15, 0.2) is 18.2 Å². The lowest BCUT2D eigenvalue weighted by molar-refractivity contribution is 0.0697. The molecule has 0 unspecified atom stereocenters.